The van der Waals surface area contributed by atoms with Crippen molar-refractivity contribution in [1.82, 2.24) is 14.6 Å². The lowest BCUT2D eigenvalue weighted by atomic mass is 9.92. The van der Waals surface area contributed by atoms with Crippen molar-refractivity contribution in [2.75, 3.05) is 6.61 Å². The SMILES string of the molecule is Cc1ncnn2c([C@]3(C#N)O[C@H](CO[PH](=O)O)[C@@H](O)[C@H]3O)ccc12. The molecule has 0 saturated carbocycles. The standard InChI is InChI=1S/C13H15N4O6P/c1-7-8-2-3-10(17(8)16-6-15-7)13(5-14)12(19)11(18)9(23-13)4-22-24(20)21/h2-3,6,9,11-12,18-19,24H,4H2,1H3,(H,20,21)/t9-,11-,12-,13+/m1/s1. The predicted molar refractivity (Wildman–Crippen MR) is 79.1 cm³/mol. The van der Waals surface area contributed by atoms with E-state index in [1.54, 1.807) is 19.1 Å². The first kappa shape index (κ1) is 17.0. The molecule has 1 fully saturated rings. The van der Waals surface area contributed by atoms with Crippen LogP contribution in [-0.4, -0.2) is 54.6 Å². The van der Waals surface area contributed by atoms with E-state index in [9.17, 15) is 20.0 Å². The van der Waals surface area contributed by atoms with Crippen molar-refractivity contribution < 1.29 is 28.9 Å². The van der Waals surface area contributed by atoms with Crippen LogP contribution in [0.25, 0.3) is 5.52 Å². The third kappa shape index (κ3) is 2.52. The summed E-state index contributed by atoms with van der Waals surface area (Å²) < 4.78 is 22.2. The Balaban J connectivity index is 2.04. The van der Waals surface area contributed by atoms with Crippen molar-refractivity contribution in [2.24, 2.45) is 0 Å². The number of aliphatic hydroxyl groups is 2. The van der Waals surface area contributed by atoms with Gasteiger partial charge in [-0.1, -0.05) is 0 Å². The number of hydrogen-bond acceptors (Lipinski definition) is 8. The predicted octanol–water partition coefficient (Wildman–Crippen LogP) is -0.724. The average Bonchev–Trinajstić information content (AvgIpc) is 3.09. The number of aliphatic hydroxyl groups excluding tert-OH is 2. The lowest BCUT2D eigenvalue weighted by Gasteiger charge is -2.24. The smallest absolute Gasteiger partial charge is 0.316 e. The Hall–Kier alpha value is -1.86. The van der Waals surface area contributed by atoms with Gasteiger partial charge in [-0.25, -0.2) is 9.50 Å². The lowest BCUT2D eigenvalue weighted by molar-refractivity contribution is -0.0613. The summed E-state index contributed by atoms with van der Waals surface area (Å²) in [6.45, 7) is 1.32. The summed E-state index contributed by atoms with van der Waals surface area (Å²) in [7, 11) is -3.23. The van der Waals surface area contributed by atoms with Gasteiger partial charge in [-0.15, -0.1) is 0 Å². The molecule has 3 heterocycles. The van der Waals surface area contributed by atoms with Crippen molar-refractivity contribution in [2.45, 2.75) is 30.8 Å². The summed E-state index contributed by atoms with van der Waals surface area (Å²) in [4.78, 5) is 12.8. The number of nitriles is 1. The van der Waals surface area contributed by atoms with Crippen LogP contribution in [0.15, 0.2) is 18.5 Å². The number of ether oxygens (including phenoxy) is 1. The number of aromatic nitrogens is 3. The molecule has 0 aliphatic carbocycles. The molecule has 1 unspecified atom stereocenters. The fraction of sp³-hybridized carbons (Fsp3) is 0.462. The highest BCUT2D eigenvalue weighted by atomic mass is 31.1. The zero-order valence-electron chi connectivity index (χ0n) is 12.5. The van der Waals surface area contributed by atoms with Gasteiger partial charge in [0.25, 0.3) is 0 Å². The van der Waals surface area contributed by atoms with Crippen LogP contribution in [0.4, 0.5) is 0 Å². The van der Waals surface area contributed by atoms with Gasteiger partial charge in [0.1, 0.15) is 30.7 Å². The van der Waals surface area contributed by atoms with Crippen LogP contribution in [-0.2, 0) is 19.4 Å². The van der Waals surface area contributed by atoms with E-state index in [2.05, 4.69) is 14.6 Å². The van der Waals surface area contributed by atoms with Gasteiger partial charge in [0, 0.05) is 0 Å². The molecule has 0 radical (unpaired) electrons. The quantitative estimate of drug-likeness (QED) is 0.604. The Kier molecular flexibility index (Phi) is 4.40. The number of fused-ring (bicyclic) bond motifs is 1. The summed E-state index contributed by atoms with van der Waals surface area (Å²) in [6, 6.07) is 5.11. The molecule has 10 nitrogen and oxygen atoms in total. The van der Waals surface area contributed by atoms with E-state index in [0.29, 0.717) is 11.2 Å². The van der Waals surface area contributed by atoms with E-state index in [-0.39, 0.29) is 5.69 Å². The van der Waals surface area contributed by atoms with Crippen molar-refractivity contribution in [3.63, 3.8) is 0 Å². The zero-order chi connectivity index (χ0) is 17.5. The van der Waals surface area contributed by atoms with E-state index >= 15 is 0 Å². The molecule has 24 heavy (non-hydrogen) atoms. The summed E-state index contributed by atoms with van der Waals surface area (Å²) in [5.41, 5.74) is -0.397. The molecule has 3 rings (SSSR count). The molecule has 1 aliphatic rings. The second-order valence-corrected chi connectivity index (χ2v) is 6.20. The maximum absolute atomic E-state index is 10.7. The van der Waals surface area contributed by atoms with Gasteiger partial charge in [0.15, 0.2) is 0 Å². The summed E-state index contributed by atoms with van der Waals surface area (Å²) in [6.07, 6.45) is -2.91. The highest BCUT2D eigenvalue weighted by molar-refractivity contribution is 7.32. The molecule has 2 aromatic rings. The lowest BCUT2D eigenvalue weighted by Crippen LogP contribution is -2.41. The van der Waals surface area contributed by atoms with Crippen molar-refractivity contribution in [3.05, 3.63) is 29.8 Å². The Morgan fingerprint density at radius 3 is 2.96 bits per heavy atom. The molecule has 5 atom stereocenters. The van der Waals surface area contributed by atoms with Crippen LogP contribution in [0.3, 0.4) is 0 Å². The van der Waals surface area contributed by atoms with Crippen LogP contribution < -0.4 is 0 Å². The van der Waals surface area contributed by atoms with Gasteiger partial charge < -0.3 is 24.4 Å². The Morgan fingerprint density at radius 2 is 2.29 bits per heavy atom. The molecule has 1 saturated heterocycles. The van der Waals surface area contributed by atoms with Gasteiger partial charge in [-0.2, -0.15) is 10.4 Å². The third-order valence-electron chi connectivity index (χ3n) is 4.02. The van der Waals surface area contributed by atoms with E-state index < -0.39 is 38.8 Å². The zero-order valence-corrected chi connectivity index (χ0v) is 13.5. The minimum Gasteiger partial charge on any atom is -0.387 e. The second kappa shape index (κ2) is 6.22. The fourth-order valence-corrected chi connectivity index (χ4v) is 3.11. The van der Waals surface area contributed by atoms with Gasteiger partial charge in [0.05, 0.1) is 23.5 Å². The van der Waals surface area contributed by atoms with Crippen molar-refractivity contribution in [1.29, 1.82) is 5.26 Å². The number of rotatable bonds is 4. The summed E-state index contributed by atoms with van der Waals surface area (Å²) in [5.74, 6) is 0. The number of nitrogens with zero attached hydrogens (tertiary/aromatic N) is 4. The van der Waals surface area contributed by atoms with Crippen LogP contribution in [0, 0.1) is 18.3 Å². The molecule has 0 bridgehead atoms. The maximum atomic E-state index is 10.7. The molecule has 0 aromatic carbocycles. The minimum atomic E-state index is -3.23. The topological polar surface area (TPSA) is 150 Å². The Labute approximate surface area is 136 Å². The first-order valence-corrected chi connectivity index (χ1v) is 8.28. The summed E-state index contributed by atoms with van der Waals surface area (Å²) >= 11 is 0. The normalized spacial score (nSPS) is 31.2. The average molecular weight is 354 g/mol. The van der Waals surface area contributed by atoms with Crippen molar-refractivity contribution >= 4 is 13.8 Å². The fourth-order valence-electron chi connectivity index (χ4n) is 2.81. The first-order chi connectivity index (χ1) is 11.4. The molecule has 3 N–H and O–H groups in total. The molecule has 0 spiro atoms. The van der Waals surface area contributed by atoms with Crippen LogP contribution >= 0.6 is 8.25 Å². The van der Waals surface area contributed by atoms with Gasteiger partial charge in [-0.05, 0) is 19.1 Å². The molecule has 0 amide bonds. The van der Waals surface area contributed by atoms with Crippen LogP contribution in [0.5, 0.6) is 0 Å². The second-order valence-electron chi connectivity index (χ2n) is 5.38. The summed E-state index contributed by atoms with van der Waals surface area (Å²) in [5, 5.41) is 34.3. The van der Waals surface area contributed by atoms with Crippen LogP contribution in [0.2, 0.25) is 0 Å². The third-order valence-corrected chi connectivity index (χ3v) is 4.43. The molecule has 2 aromatic heterocycles. The van der Waals surface area contributed by atoms with Gasteiger partial charge in [-0.3, -0.25) is 4.57 Å². The first-order valence-electron chi connectivity index (χ1n) is 7.01. The molecule has 11 heteroatoms. The molecular weight excluding hydrogens is 339 g/mol. The van der Waals surface area contributed by atoms with E-state index in [0.717, 1.165) is 0 Å². The molecular formula is C13H15N4O6P. The van der Waals surface area contributed by atoms with E-state index in [4.69, 9.17) is 9.63 Å². The Morgan fingerprint density at radius 1 is 1.54 bits per heavy atom. The van der Waals surface area contributed by atoms with E-state index in [1.165, 1.54) is 10.8 Å². The highest BCUT2D eigenvalue weighted by Crippen LogP contribution is 2.40. The van der Waals surface area contributed by atoms with Crippen molar-refractivity contribution in [3.8, 4) is 6.07 Å². The van der Waals surface area contributed by atoms with Crippen LogP contribution in [0.1, 0.15) is 11.4 Å². The largest absolute Gasteiger partial charge is 0.387 e. The van der Waals surface area contributed by atoms with Gasteiger partial charge in [0.2, 0.25) is 5.60 Å². The number of hydrogen-bond donors (Lipinski definition) is 3. The minimum absolute atomic E-state index is 0.219. The van der Waals surface area contributed by atoms with Gasteiger partial charge >= 0.3 is 8.25 Å². The monoisotopic (exact) mass is 354 g/mol. The molecule has 128 valence electrons. The van der Waals surface area contributed by atoms with E-state index in [1.807, 2.05) is 6.07 Å². The highest BCUT2D eigenvalue weighted by Gasteiger charge is 2.57. The Bertz CT molecular complexity index is 835. The number of aryl methyl sites for hydroxylation is 1. The molecule has 1 aliphatic heterocycles. The maximum Gasteiger partial charge on any atom is 0.316 e.